The van der Waals surface area contributed by atoms with Crippen LogP contribution in [0.1, 0.15) is 51.2 Å². The van der Waals surface area contributed by atoms with E-state index in [-0.39, 0.29) is 18.1 Å². The lowest BCUT2D eigenvalue weighted by molar-refractivity contribution is -0.118. The SMILES string of the molecule is Cc1cccc(OCC(=O)Nc2sc3c(c2C(=O)O)CCCCC3)c1C. The van der Waals surface area contributed by atoms with Crippen molar-refractivity contribution in [1.82, 2.24) is 0 Å². The maximum atomic E-state index is 12.3. The molecule has 1 amide bonds. The van der Waals surface area contributed by atoms with E-state index in [0.717, 1.165) is 53.7 Å². The number of carboxylic acid groups (broad SMARTS) is 1. The molecule has 1 aromatic carbocycles. The summed E-state index contributed by atoms with van der Waals surface area (Å²) in [7, 11) is 0. The molecule has 2 N–H and O–H groups in total. The lowest BCUT2D eigenvalue weighted by atomic mass is 10.1. The molecule has 5 nitrogen and oxygen atoms in total. The molecule has 0 fully saturated rings. The van der Waals surface area contributed by atoms with Crippen LogP contribution in [-0.2, 0) is 17.6 Å². The molecule has 26 heavy (non-hydrogen) atoms. The summed E-state index contributed by atoms with van der Waals surface area (Å²) in [6.07, 6.45) is 4.83. The van der Waals surface area contributed by atoms with E-state index in [0.29, 0.717) is 10.8 Å². The van der Waals surface area contributed by atoms with E-state index in [1.807, 2.05) is 32.0 Å². The van der Waals surface area contributed by atoms with Crippen LogP contribution in [0.5, 0.6) is 5.75 Å². The second kappa shape index (κ2) is 7.91. The minimum atomic E-state index is -0.977. The van der Waals surface area contributed by atoms with Gasteiger partial charge in [0.2, 0.25) is 0 Å². The fraction of sp³-hybridized carbons (Fsp3) is 0.400. The van der Waals surface area contributed by atoms with Crippen molar-refractivity contribution in [2.45, 2.75) is 46.0 Å². The Morgan fingerprint density at radius 1 is 1.19 bits per heavy atom. The Bertz CT molecular complexity index is 841. The number of thiophene rings is 1. The van der Waals surface area contributed by atoms with Crippen LogP contribution >= 0.6 is 11.3 Å². The van der Waals surface area contributed by atoms with E-state index in [1.165, 1.54) is 11.3 Å². The number of hydrogen-bond acceptors (Lipinski definition) is 4. The number of aromatic carboxylic acids is 1. The van der Waals surface area contributed by atoms with Crippen molar-refractivity contribution < 1.29 is 19.4 Å². The second-order valence-corrected chi connectivity index (χ2v) is 7.71. The summed E-state index contributed by atoms with van der Waals surface area (Å²) >= 11 is 1.39. The van der Waals surface area contributed by atoms with Gasteiger partial charge in [0.05, 0.1) is 5.56 Å². The Morgan fingerprint density at radius 2 is 1.96 bits per heavy atom. The van der Waals surface area contributed by atoms with Gasteiger partial charge in [-0.05, 0) is 62.3 Å². The molecule has 1 aliphatic rings. The highest BCUT2D eigenvalue weighted by molar-refractivity contribution is 7.17. The van der Waals surface area contributed by atoms with Crippen molar-refractivity contribution in [1.29, 1.82) is 0 Å². The summed E-state index contributed by atoms with van der Waals surface area (Å²) in [5, 5.41) is 12.8. The predicted molar refractivity (Wildman–Crippen MR) is 103 cm³/mol. The lowest BCUT2D eigenvalue weighted by Gasteiger charge is -2.11. The van der Waals surface area contributed by atoms with Gasteiger partial charge in [0.25, 0.3) is 5.91 Å². The van der Waals surface area contributed by atoms with Gasteiger partial charge in [-0.3, -0.25) is 4.79 Å². The zero-order valence-corrected chi connectivity index (χ0v) is 15.9. The average molecular weight is 373 g/mol. The van der Waals surface area contributed by atoms with Crippen molar-refractivity contribution in [2.24, 2.45) is 0 Å². The predicted octanol–water partition coefficient (Wildman–Crippen LogP) is 4.35. The monoisotopic (exact) mass is 373 g/mol. The van der Waals surface area contributed by atoms with Crippen LogP contribution in [0.15, 0.2) is 18.2 Å². The Kier molecular flexibility index (Phi) is 5.61. The summed E-state index contributed by atoms with van der Waals surface area (Å²) < 4.78 is 5.62. The summed E-state index contributed by atoms with van der Waals surface area (Å²) in [4.78, 5) is 25.1. The molecular weight excluding hydrogens is 350 g/mol. The van der Waals surface area contributed by atoms with Crippen molar-refractivity contribution in [3.05, 3.63) is 45.3 Å². The van der Waals surface area contributed by atoms with Gasteiger partial charge in [-0.15, -0.1) is 11.3 Å². The molecule has 2 aromatic rings. The average Bonchev–Trinajstić information content (AvgIpc) is 2.77. The summed E-state index contributed by atoms with van der Waals surface area (Å²) in [5.74, 6) is -0.652. The summed E-state index contributed by atoms with van der Waals surface area (Å²) in [5.41, 5.74) is 3.24. The molecule has 1 heterocycles. The zero-order valence-electron chi connectivity index (χ0n) is 15.1. The molecule has 1 aromatic heterocycles. The Hall–Kier alpha value is -2.34. The van der Waals surface area contributed by atoms with Gasteiger partial charge >= 0.3 is 5.97 Å². The molecule has 0 saturated heterocycles. The lowest BCUT2D eigenvalue weighted by Crippen LogP contribution is -2.21. The number of rotatable bonds is 5. The van der Waals surface area contributed by atoms with Gasteiger partial charge in [0.1, 0.15) is 10.8 Å². The number of carbonyl (C=O) groups is 2. The molecule has 0 saturated carbocycles. The molecule has 138 valence electrons. The second-order valence-electron chi connectivity index (χ2n) is 6.61. The summed E-state index contributed by atoms with van der Waals surface area (Å²) in [6, 6.07) is 5.69. The first kappa shape index (κ1) is 18.5. The van der Waals surface area contributed by atoms with E-state index in [1.54, 1.807) is 0 Å². The van der Waals surface area contributed by atoms with Gasteiger partial charge in [-0.2, -0.15) is 0 Å². The smallest absolute Gasteiger partial charge is 0.339 e. The topological polar surface area (TPSA) is 75.6 Å². The minimum absolute atomic E-state index is 0.147. The maximum absolute atomic E-state index is 12.3. The zero-order chi connectivity index (χ0) is 18.7. The number of ether oxygens (including phenoxy) is 1. The number of fused-ring (bicyclic) bond motifs is 1. The van der Waals surface area contributed by atoms with E-state index < -0.39 is 5.97 Å². The fourth-order valence-corrected chi connectivity index (χ4v) is 4.54. The van der Waals surface area contributed by atoms with Crippen LogP contribution in [0.2, 0.25) is 0 Å². The molecule has 3 rings (SSSR count). The Morgan fingerprint density at radius 3 is 2.73 bits per heavy atom. The largest absolute Gasteiger partial charge is 0.483 e. The first-order chi connectivity index (χ1) is 12.5. The Balaban J connectivity index is 1.73. The number of nitrogens with one attached hydrogen (secondary N) is 1. The molecule has 0 spiro atoms. The highest BCUT2D eigenvalue weighted by Crippen LogP contribution is 2.37. The fourth-order valence-electron chi connectivity index (χ4n) is 3.24. The molecule has 1 aliphatic carbocycles. The van der Waals surface area contributed by atoms with Crippen molar-refractivity contribution >= 4 is 28.2 Å². The van der Waals surface area contributed by atoms with Crippen molar-refractivity contribution in [3.8, 4) is 5.75 Å². The van der Waals surface area contributed by atoms with Crippen LogP contribution in [0.25, 0.3) is 0 Å². The highest BCUT2D eigenvalue weighted by Gasteiger charge is 2.25. The number of carboxylic acids is 1. The number of aryl methyl sites for hydroxylation is 2. The molecule has 0 atom stereocenters. The third kappa shape index (κ3) is 3.90. The van der Waals surface area contributed by atoms with E-state index >= 15 is 0 Å². The van der Waals surface area contributed by atoms with Crippen LogP contribution < -0.4 is 10.1 Å². The standard InChI is InChI=1S/C20H23NO4S/c1-12-7-6-9-15(13(12)2)25-11-17(22)21-19-18(20(23)24)14-8-4-3-5-10-16(14)26-19/h6-7,9H,3-5,8,10-11H2,1-2H3,(H,21,22)(H,23,24). The van der Waals surface area contributed by atoms with Crippen LogP contribution in [-0.4, -0.2) is 23.6 Å². The molecular formula is C20H23NO4S. The van der Waals surface area contributed by atoms with Crippen LogP contribution in [0, 0.1) is 13.8 Å². The quantitative estimate of drug-likeness (QED) is 0.764. The number of benzene rings is 1. The van der Waals surface area contributed by atoms with Gasteiger partial charge in [0.15, 0.2) is 6.61 Å². The van der Waals surface area contributed by atoms with Gasteiger partial charge in [-0.25, -0.2) is 4.79 Å². The summed E-state index contributed by atoms with van der Waals surface area (Å²) in [6.45, 7) is 3.79. The third-order valence-electron chi connectivity index (χ3n) is 4.80. The normalized spacial score (nSPS) is 13.6. The van der Waals surface area contributed by atoms with Gasteiger partial charge < -0.3 is 15.2 Å². The van der Waals surface area contributed by atoms with Gasteiger partial charge in [0, 0.05) is 4.88 Å². The van der Waals surface area contributed by atoms with Crippen LogP contribution in [0.3, 0.4) is 0 Å². The van der Waals surface area contributed by atoms with E-state index in [2.05, 4.69) is 5.32 Å². The highest BCUT2D eigenvalue weighted by atomic mass is 32.1. The first-order valence-corrected chi connectivity index (χ1v) is 9.65. The number of carbonyl (C=O) groups excluding carboxylic acids is 1. The van der Waals surface area contributed by atoms with Crippen LogP contribution in [0.4, 0.5) is 5.00 Å². The third-order valence-corrected chi connectivity index (χ3v) is 6.01. The number of hydrogen-bond donors (Lipinski definition) is 2. The Labute approximate surface area is 157 Å². The van der Waals surface area contributed by atoms with Crippen molar-refractivity contribution in [3.63, 3.8) is 0 Å². The number of amides is 1. The first-order valence-electron chi connectivity index (χ1n) is 8.84. The minimum Gasteiger partial charge on any atom is -0.483 e. The van der Waals surface area contributed by atoms with Crippen molar-refractivity contribution in [2.75, 3.05) is 11.9 Å². The van der Waals surface area contributed by atoms with E-state index in [9.17, 15) is 14.7 Å². The van der Waals surface area contributed by atoms with E-state index in [4.69, 9.17) is 4.74 Å². The molecule has 0 unspecified atom stereocenters. The molecule has 0 bridgehead atoms. The van der Waals surface area contributed by atoms with Gasteiger partial charge in [-0.1, -0.05) is 18.6 Å². The maximum Gasteiger partial charge on any atom is 0.339 e. The number of anilines is 1. The molecule has 0 aliphatic heterocycles. The molecule has 0 radical (unpaired) electrons. The molecule has 6 heteroatoms.